The van der Waals surface area contributed by atoms with Crippen molar-refractivity contribution in [3.05, 3.63) is 82.0 Å². The van der Waals surface area contributed by atoms with E-state index in [0.717, 1.165) is 16.0 Å². The average molecular weight is 378 g/mol. The maximum Gasteiger partial charge on any atom is 0.251 e. The number of thiophene rings is 1. The monoisotopic (exact) mass is 378 g/mol. The van der Waals surface area contributed by atoms with Gasteiger partial charge in [-0.3, -0.25) is 9.59 Å². The van der Waals surface area contributed by atoms with Gasteiger partial charge in [-0.2, -0.15) is 0 Å². The van der Waals surface area contributed by atoms with Crippen molar-refractivity contribution in [3.8, 4) is 11.1 Å². The third-order valence-electron chi connectivity index (χ3n) is 4.43. The Morgan fingerprint density at radius 1 is 0.963 bits per heavy atom. The molecule has 0 spiro atoms. The molecule has 1 aromatic heterocycles. The minimum atomic E-state index is -0.247. The molecule has 1 N–H and O–H groups in total. The van der Waals surface area contributed by atoms with Gasteiger partial charge >= 0.3 is 0 Å². The van der Waals surface area contributed by atoms with Crippen molar-refractivity contribution in [1.29, 1.82) is 0 Å². The third kappa shape index (κ3) is 4.83. The lowest BCUT2D eigenvalue weighted by Crippen LogP contribution is -2.37. The molecule has 0 saturated carbocycles. The topological polar surface area (TPSA) is 49.4 Å². The van der Waals surface area contributed by atoms with Crippen molar-refractivity contribution >= 4 is 23.2 Å². The highest BCUT2D eigenvalue weighted by Crippen LogP contribution is 2.19. The van der Waals surface area contributed by atoms with Crippen molar-refractivity contribution in [3.63, 3.8) is 0 Å². The van der Waals surface area contributed by atoms with Crippen LogP contribution < -0.4 is 5.32 Å². The molecule has 0 bridgehead atoms. The van der Waals surface area contributed by atoms with E-state index in [0.29, 0.717) is 12.1 Å². The van der Waals surface area contributed by atoms with Crippen molar-refractivity contribution < 1.29 is 9.59 Å². The summed E-state index contributed by atoms with van der Waals surface area (Å²) in [5.74, 6) is -0.360. The lowest BCUT2D eigenvalue weighted by molar-refractivity contribution is -0.129. The van der Waals surface area contributed by atoms with Crippen LogP contribution in [0.3, 0.4) is 0 Å². The van der Waals surface area contributed by atoms with Crippen LogP contribution >= 0.6 is 11.3 Å². The van der Waals surface area contributed by atoms with E-state index >= 15 is 0 Å². The van der Waals surface area contributed by atoms with E-state index in [4.69, 9.17) is 0 Å². The number of nitrogens with one attached hydrogen (secondary N) is 1. The number of nitrogens with zero attached hydrogens (tertiary/aromatic N) is 1. The number of benzene rings is 2. The van der Waals surface area contributed by atoms with Crippen molar-refractivity contribution in [2.75, 3.05) is 13.6 Å². The Hall–Kier alpha value is -2.92. The highest BCUT2D eigenvalue weighted by Gasteiger charge is 2.13. The average Bonchev–Trinajstić information content (AvgIpc) is 3.11. The molecule has 3 aromatic rings. The van der Waals surface area contributed by atoms with Crippen LogP contribution in [0, 0.1) is 6.92 Å². The lowest BCUT2D eigenvalue weighted by Gasteiger charge is -2.17. The Kier molecular flexibility index (Phi) is 6.04. The molecule has 0 fully saturated rings. The molecule has 2 aromatic carbocycles. The van der Waals surface area contributed by atoms with Crippen molar-refractivity contribution in [2.24, 2.45) is 0 Å². The predicted molar refractivity (Wildman–Crippen MR) is 110 cm³/mol. The van der Waals surface area contributed by atoms with Crippen LogP contribution in [0.4, 0.5) is 0 Å². The molecule has 2 amide bonds. The van der Waals surface area contributed by atoms with E-state index in [9.17, 15) is 9.59 Å². The molecule has 0 aliphatic carbocycles. The SMILES string of the molecule is Cc1ccsc1CN(C)C(=O)CNC(=O)c1ccc(-c2ccccc2)cc1. The van der Waals surface area contributed by atoms with E-state index in [1.165, 1.54) is 5.56 Å². The number of aryl methyl sites for hydroxylation is 1. The number of carbonyl (C=O) groups excluding carboxylic acids is 2. The largest absolute Gasteiger partial charge is 0.343 e. The summed E-state index contributed by atoms with van der Waals surface area (Å²) in [5.41, 5.74) is 3.88. The molecule has 0 atom stereocenters. The number of carbonyl (C=O) groups is 2. The smallest absolute Gasteiger partial charge is 0.251 e. The minimum absolute atomic E-state index is 0.0137. The first kappa shape index (κ1) is 18.9. The predicted octanol–water partition coefficient (Wildman–Crippen LogP) is 4.11. The highest BCUT2D eigenvalue weighted by atomic mass is 32.1. The number of hydrogen-bond acceptors (Lipinski definition) is 3. The molecular weight excluding hydrogens is 356 g/mol. The van der Waals surface area contributed by atoms with Crippen LogP contribution in [0.1, 0.15) is 20.8 Å². The van der Waals surface area contributed by atoms with Crippen LogP contribution in [0.25, 0.3) is 11.1 Å². The van der Waals surface area contributed by atoms with Crippen LogP contribution in [0.15, 0.2) is 66.0 Å². The fourth-order valence-corrected chi connectivity index (χ4v) is 3.67. The zero-order valence-corrected chi connectivity index (χ0v) is 16.3. The fourth-order valence-electron chi connectivity index (χ4n) is 2.71. The highest BCUT2D eigenvalue weighted by molar-refractivity contribution is 7.10. The number of rotatable bonds is 6. The maximum absolute atomic E-state index is 12.3. The first-order chi connectivity index (χ1) is 13.0. The zero-order valence-electron chi connectivity index (χ0n) is 15.4. The van der Waals surface area contributed by atoms with Gasteiger partial charge in [-0.25, -0.2) is 0 Å². The van der Waals surface area contributed by atoms with Crippen LogP contribution in [0.5, 0.6) is 0 Å². The molecule has 27 heavy (non-hydrogen) atoms. The van der Waals surface area contributed by atoms with Crippen LogP contribution in [0.2, 0.25) is 0 Å². The summed E-state index contributed by atoms with van der Waals surface area (Å²) in [6, 6.07) is 19.4. The number of hydrogen-bond donors (Lipinski definition) is 1. The summed E-state index contributed by atoms with van der Waals surface area (Å²) in [4.78, 5) is 27.4. The lowest BCUT2D eigenvalue weighted by atomic mass is 10.0. The Bertz CT molecular complexity index is 917. The van der Waals surface area contributed by atoms with Crippen LogP contribution in [-0.4, -0.2) is 30.3 Å². The molecule has 138 valence electrons. The third-order valence-corrected chi connectivity index (χ3v) is 5.44. The van der Waals surface area contributed by atoms with Gasteiger partial charge in [0.1, 0.15) is 0 Å². The summed E-state index contributed by atoms with van der Waals surface area (Å²) in [6.07, 6.45) is 0. The second-order valence-corrected chi connectivity index (χ2v) is 7.40. The Morgan fingerprint density at radius 2 is 1.63 bits per heavy atom. The summed E-state index contributed by atoms with van der Waals surface area (Å²) < 4.78 is 0. The number of amides is 2. The maximum atomic E-state index is 12.3. The van der Waals surface area contributed by atoms with E-state index < -0.39 is 0 Å². The molecule has 0 aliphatic heterocycles. The van der Waals surface area contributed by atoms with Crippen LogP contribution in [-0.2, 0) is 11.3 Å². The molecule has 0 radical (unpaired) electrons. The molecule has 4 nitrogen and oxygen atoms in total. The molecule has 0 unspecified atom stereocenters. The standard InChI is InChI=1S/C22H22N2O2S/c1-16-12-13-27-20(16)15-24(2)21(25)14-23-22(26)19-10-8-18(9-11-19)17-6-4-3-5-7-17/h3-13H,14-15H2,1-2H3,(H,23,26). The van der Waals surface area contributed by atoms with Gasteiger partial charge in [-0.15, -0.1) is 11.3 Å². The van der Waals surface area contributed by atoms with Gasteiger partial charge in [0.25, 0.3) is 5.91 Å². The van der Waals surface area contributed by atoms with Gasteiger partial charge in [0, 0.05) is 17.5 Å². The van der Waals surface area contributed by atoms with Gasteiger partial charge in [0.2, 0.25) is 5.91 Å². The molecule has 1 heterocycles. The van der Waals surface area contributed by atoms with Crippen molar-refractivity contribution in [2.45, 2.75) is 13.5 Å². The summed E-state index contributed by atoms with van der Waals surface area (Å²) in [5, 5.41) is 4.72. The van der Waals surface area contributed by atoms with E-state index in [2.05, 4.69) is 5.32 Å². The first-order valence-electron chi connectivity index (χ1n) is 8.75. The number of likely N-dealkylation sites (N-methyl/N-ethyl adjacent to an activating group) is 1. The summed E-state index contributed by atoms with van der Waals surface area (Å²) >= 11 is 1.63. The summed E-state index contributed by atoms with van der Waals surface area (Å²) in [7, 11) is 1.75. The summed E-state index contributed by atoms with van der Waals surface area (Å²) in [6.45, 7) is 2.58. The molecule has 0 aliphatic rings. The minimum Gasteiger partial charge on any atom is -0.343 e. The van der Waals surface area contributed by atoms with E-state index in [1.807, 2.05) is 60.8 Å². The molecule has 0 saturated heterocycles. The Balaban J connectivity index is 1.54. The first-order valence-corrected chi connectivity index (χ1v) is 9.63. The van der Waals surface area contributed by atoms with Crippen molar-refractivity contribution in [1.82, 2.24) is 10.2 Å². The molecule has 3 rings (SSSR count). The normalized spacial score (nSPS) is 10.4. The molecule has 5 heteroatoms. The van der Waals surface area contributed by atoms with Gasteiger partial charge in [-0.1, -0.05) is 42.5 Å². The zero-order chi connectivity index (χ0) is 19.2. The second-order valence-electron chi connectivity index (χ2n) is 6.40. The Morgan fingerprint density at radius 3 is 2.26 bits per heavy atom. The van der Waals surface area contributed by atoms with Gasteiger partial charge in [0.05, 0.1) is 13.1 Å². The Labute approximate surface area is 163 Å². The van der Waals surface area contributed by atoms with E-state index in [-0.39, 0.29) is 18.4 Å². The van der Waals surface area contributed by atoms with E-state index in [1.54, 1.807) is 35.4 Å². The van der Waals surface area contributed by atoms with Gasteiger partial charge < -0.3 is 10.2 Å². The second kappa shape index (κ2) is 8.64. The van der Waals surface area contributed by atoms with Gasteiger partial charge in [0.15, 0.2) is 0 Å². The fraction of sp³-hybridized carbons (Fsp3) is 0.182. The quantitative estimate of drug-likeness (QED) is 0.702. The van der Waals surface area contributed by atoms with Gasteiger partial charge in [-0.05, 0) is 47.2 Å². The molecular formula is C22H22N2O2S.